The summed E-state index contributed by atoms with van der Waals surface area (Å²) in [5, 5.41) is 17.2. The van der Waals surface area contributed by atoms with Crippen LogP contribution >= 0.6 is 0 Å². The van der Waals surface area contributed by atoms with Gasteiger partial charge in [-0.3, -0.25) is 19.7 Å². The minimum atomic E-state index is -0.441. The fourth-order valence-electron chi connectivity index (χ4n) is 3.13. The fourth-order valence-corrected chi connectivity index (χ4v) is 3.13. The first-order valence-electron chi connectivity index (χ1n) is 8.55. The molecule has 8 nitrogen and oxygen atoms in total. The molecule has 0 bridgehead atoms. The summed E-state index contributed by atoms with van der Waals surface area (Å²) < 4.78 is 0. The van der Waals surface area contributed by atoms with E-state index in [-0.39, 0.29) is 29.6 Å². The van der Waals surface area contributed by atoms with Gasteiger partial charge in [-0.15, -0.1) is 0 Å². The highest BCUT2D eigenvalue weighted by atomic mass is 16.6. The Balaban J connectivity index is 1.73. The number of rotatable bonds is 5. The standard InChI is InChI=1S/C17H22N4O4/c1-11(22)18-14-6-8-20(9-7-14)15-5-2-12(10-16(15)21(24)25)17(23)19-13-3-4-13/h2,5,10,13-14H,3-4,6-9H2,1H3,(H,18,22)(H,19,23). The summed E-state index contributed by atoms with van der Waals surface area (Å²) in [7, 11) is 0. The van der Waals surface area contributed by atoms with E-state index in [0.29, 0.717) is 24.3 Å². The second-order valence-electron chi connectivity index (χ2n) is 6.67. The van der Waals surface area contributed by atoms with E-state index >= 15 is 0 Å². The third-order valence-corrected chi connectivity index (χ3v) is 4.59. The van der Waals surface area contributed by atoms with Crippen LogP contribution in [0.1, 0.15) is 43.0 Å². The summed E-state index contributed by atoms with van der Waals surface area (Å²) in [6.45, 7) is 2.74. The molecule has 0 unspecified atom stereocenters. The van der Waals surface area contributed by atoms with Crippen molar-refractivity contribution in [1.29, 1.82) is 0 Å². The van der Waals surface area contributed by atoms with Crippen LogP contribution in [0.3, 0.4) is 0 Å². The number of nitro groups is 1. The molecule has 1 aliphatic carbocycles. The van der Waals surface area contributed by atoms with Gasteiger partial charge in [-0.05, 0) is 37.8 Å². The van der Waals surface area contributed by atoms with Crippen molar-refractivity contribution in [2.24, 2.45) is 0 Å². The summed E-state index contributed by atoms with van der Waals surface area (Å²) in [6.07, 6.45) is 3.41. The number of amides is 2. The number of hydrogen-bond acceptors (Lipinski definition) is 5. The van der Waals surface area contributed by atoms with Crippen molar-refractivity contribution in [2.45, 2.75) is 44.7 Å². The van der Waals surface area contributed by atoms with Gasteiger partial charge >= 0.3 is 0 Å². The minimum Gasteiger partial charge on any atom is -0.366 e. The van der Waals surface area contributed by atoms with E-state index in [1.807, 2.05) is 4.90 Å². The summed E-state index contributed by atoms with van der Waals surface area (Å²) >= 11 is 0. The van der Waals surface area contributed by atoms with Gasteiger partial charge < -0.3 is 15.5 Å². The normalized spacial score (nSPS) is 17.9. The quantitative estimate of drug-likeness (QED) is 0.622. The molecule has 134 valence electrons. The molecule has 0 atom stereocenters. The molecule has 0 spiro atoms. The Kier molecular flexibility index (Phi) is 4.87. The molecule has 1 aromatic carbocycles. The van der Waals surface area contributed by atoms with E-state index in [4.69, 9.17) is 0 Å². The maximum Gasteiger partial charge on any atom is 0.293 e. The Morgan fingerprint density at radius 2 is 1.76 bits per heavy atom. The summed E-state index contributed by atoms with van der Waals surface area (Å²) in [4.78, 5) is 36.2. The molecule has 0 radical (unpaired) electrons. The molecule has 2 fully saturated rings. The maximum atomic E-state index is 12.1. The number of carbonyl (C=O) groups is 2. The van der Waals surface area contributed by atoms with E-state index in [0.717, 1.165) is 25.7 Å². The van der Waals surface area contributed by atoms with Crippen LogP contribution in [0.2, 0.25) is 0 Å². The van der Waals surface area contributed by atoms with Crippen molar-refractivity contribution in [2.75, 3.05) is 18.0 Å². The lowest BCUT2D eigenvalue weighted by atomic mass is 10.0. The molecule has 1 saturated carbocycles. The first-order chi connectivity index (χ1) is 11.9. The third-order valence-electron chi connectivity index (χ3n) is 4.59. The van der Waals surface area contributed by atoms with Crippen molar-refractivity contribution in [3.8, 4) is 0 Å². The van der Waals surface area contributed by atoms with E-state index in [1.165, 1.54) is 13.0 Å². The molecule has 25 heavy (non-hydrogen) atoms. The van der Waals surface area contributed by atoms with Crippen LogP contribution < -0.4 is 15.5 Å². The lowest BCUT2D eigenvalue weighted by Gasteiger charge is -2.33. The predicted octanol–water partition coefficient (Wildman–Crippen LogP) is 1.59. The monoisotopic (exact) mass is 346 g/mol. The number of nitrogens with one attached hydrogen (secondary N) is 2. The van der Waals surface area contributed by atoms with Crippen molar-refractivity contribution in [3.63, 3.8) is 0 Å². The average Bonchev–Trinajstić information content (AvgIpc) is 3.38. The van der Waals surface area contributed by atoms with Crippen molar-refractivity contribution in [3.05, 3.63) is 33.9 Å². The van der Waals surface area contributed by atoms with Crippen LogP contribution in [0.15, 0.2) is 18.2 Å². The van der Waals surface area contributed by atoms with Gasteiger partial charge in [0, 0.05) is 43.7 Å². The maximum absolute atomic E-state index is 12.1. The molecular formula is C17H22N4O4. The van der Waals surface area contributed by atoms with Crippen molar-refractivity contribution in [1.82, 2.24) is 10.6 Å². The topological polar surface area (TPSA) is 105 Å². The summed E-state index contributed by atoms with van der Waals surface area (Å²) in [5.41, 5.74) is 0.783. The Labute approximate surface area is 145 Å². The molecule has 2 amide bonds. The molecule has 1 aromatic rings. The zero-order valence-corrected chi connectivity index (χ0v) is 14.2. The van der Waals surface area contributed by atoms with E-state index in [1.54, 1.807) is 12.1 Å². The van der Waals surface area contributed by atoms with Crippen LogP contribution in [0.5, 0.6) is 0 Å². The van der Waals surface area contributed by atoms with Crippen LogP contribution in [-0.2, 0) is 4.79 Å². The van der Waals surface area contributed by atoms with E-state index in [9.17, 15) is 19.7 Å². The van der Waals surface area contributed by atoms with Crippen LogP contribution in [-0.4, -0.2) is 41.9 Å². The first-order valence-corrected chi connectivity index (χ1v) is 8.55. The predicted molar refractivity (Wildman–Crippen MR) is 92.6 cm³/mol. The molecule has 2 N–H and O–H groups in total. The Morgan fingerprint density at radius 3 is 2.32 bits per heavy atom. The van der Waals surface area contributed by atoms with Gasteiger partial charge in [-0.2, -0.15) is 0 Å². The summed E-state index contributed by atoms with van der Waals surface area (Å²) in [5.74, 6) is -0.322. The molecule has 1 saturated heterocycles. The Morgan fingerprint density at radius 1 is 1.12 bits per heavy atom. The molecule has 1 heterocycles. The number of piperidine rings is 1. The first kappa shape index (κ1) is 17.2. The number of hydrogen-bond donors (Lipinski definition) is 2. The molecule has 3 rings (SSSR count). The lowest BCUT2D eigenvalue weighted by molar-refractivity contribution is -0.384. The fraction of sp³-hybridized carbons (Fsp3) is 0.529. The zero-order chi connectivity index (χ0) is 18.0. The van der Waals surface area contributed by atoms with Gasteiger partial charge in [0.2, 0.25) is 5.91 Å². The van der Waals surface area contributed by atoms with E-state index < -0.39 is 4.92 Å². The highest BCUT2D eigenvalue weighted by Crippen LogP contribution is 2.31. The lowest BCUT2D eigenvalue weighted by Crippen LogP contribution is -2.44. The number of benzene rings is 1. The van der Waals surface area contributed by atoms with Gasteiger partial charge in [-0.1, -0.05) is 0 Å². The Bertz CT molecular complexity index is 694. The number of carbonyl (C=O) groups excluding carboxylic acids is 2. The van der Waals surface area contributed by atoms with Gasteiger partial charge in [0.15, 0.2) is 0 Å². The SMILES string of the molecule is CC(=O)NC1CCN(c2ccc(C(=O)NC3CC3)cc2[N+](=O)[O-])CC1. The highest BCUT2D eigenvalue weighted by Gasteiger charge is 2.28. The summed E-state index contributed by atoms with van der Waals surface area (Å²) in [6, 6.07) is 4.96. The van der Waals surface area contributed by atoms with Crippen molar-refractivity contribution >= 4 is 23.2 Å². The second kappa shape index (κ2) is 7.08. The van der Waals surface area contributed by atoms with Gasteiger partial charge in [0.25, 0.3) is 11.6 Å². The number of nitro benzene ring substituents is 1. The molecule has 1 aliphatic heterocycles. The smallest absolute Gasteiger partial charge is 0.293 e. The van der Waals surface area contributed by atoms with Crippen molar-refractivity contribution < 1.29 is 14.5 Å². The second-order valence-corrected chi connectivity index (χ2v) is 6.67. The Hall–Kier alpha value is -2.64. The molecular weight excluding hydrogens is 324 g/mol. The molecule has 2 aliphatic rings. The van der Waals surface area contributed by atoms with Gasteiger partial charge in [0.05, 0.1) is 4.92 Å². The van der Waals surface area contributed by atoms with E-state index in [2.05, 4.69) is 10.6 Å². The van der Waals surface area contributed by atoms with Crippen LogP contribution in [0.4, 0.5) is 11.4 Å². The molecule has 0 aromatic heterocycles. The number of nitrogens with zero attached hydrogens (tertiary/aromatic N) is 2. The van der Waals surface area contributed by atoms with Crippen LogP contribution in [0.25, 0.3) is 0 Å². The van der Waals surface area contributed by atoms with Crippen LogP contribution in [0, 0.1) is 10.1 Å². The number of anilines is 1. The third kappa shape index (κ3) is 4.26. The largest absolute Gasteiger partial charge is 0.366 e. The minimum absolute atomic E-state index is 0.0542. The van der Waals surface area contributed by atoms with Gasteiger partial charge in [-0.25, -0.2) is 0 Å². The highest BCUT2D eigenvalue weighted by molar-refractivity contribution is 5.96. The average molecular weight is 346 g/mol. The van der Waals surface area contributed by atoms with Gasteiger partial charge in [0.1, 0.15) is 5.69 Å². The zero-order valence-electron chi connectivity index (χ0n) is 14.2. The molecule has 8 heteroatoms.